The van der Waals surface area contributed by atoms with Crippen molar-refractivity contribution in [2.75, 3.05) is 20.6 Å². The van der Waals surface area contributed by atoms with Crippen LogP contribution in [0, 0.1) is 45.2 Å². The third kappa shape index (κ3) is 8.47. The van der Waals surface area contributed by atoms with Crippen LogP contribution in [0.3, 0.4) is 0 Å². The van der Waals surface area contributed by atoms with Crippen molar-refractivity contribution < 1.29 is 23.5 Å². The molecule has 43 heavy (non-hydrogen) atoms. The lowest BCUT2D eigenvalue weighted by molar-refractivity contribution is -0.137. The summed E-state index contributed by atoms with van der Waals surface area (Å²) in [5.41, 5.74) is 4.96. The molecule has 1 unspecified atom stereocenters. The molecule has 3 rings (SSSR count). The maximum absolute atomic E-state index is 15.8. The minimum Gasteiger partial charge on any atom is -0.481 e. The van der Waals surface area contributed by atoms with Crippen LogP contribution in [0.25, 0.3) is 11.1 Å². The summed E-state index contributed by atoms with van der Waals surface area (Å²) >= 11 is 0. The molecule has 8 heteroatoms. The zero-order valence-corrected chi connectivity index (χ0v) is 26.6. The smallest absolute Gasteiger partial charge is 0.303 e. The summed E-state index contributed by atoms with van der Waals surface area (Å²) < 4.78 is 31.7. The second-order valence-corrected chi connectivity index (χ2v) is 12.5. The third-order valence-corrected chi connectivity index (χ3v) is 7.86. The number of pyridine rings is 1. The molecule has 0 amide bonds. The molecule has 1 N–H and O–H groups in total. The number of halogens is 2. The third-order valence-electron chi connectivity index (χ3n) is 7.86. The molecule has 0 bridgehead atoms. The number of aryl methyl sites for hydroxylation is 4. The fourth-order valence-corrected chi connectivity index (χ4v) is 5.95. The van der Waals surface area contributed by atoms with E-state index >= 15 is 4.39 Å². The number of nitrogens with zero attached hydrogens (tertiary/aromatic N) is 2. The van der Waals surface area contributed by atoms with Gasteiger partial charge in [0.1, 0.15) is 5.82 Å². The van der Waals surface area contributed by atoms with Gasteiger partial charge in [-0.05, 0) is 118 Å². The molecule has 0 aliphatic carbocycles. The second kappa shape index (κ2) is 14.2. The van der Waals surface area contributed by atoms with Crippen molar-refractivity contribution in [1.29, 1.82) is 0 Å². The largest absolute Gasteiger partial charge is 0.481 e. The number of hydrogen-bond acceptors (Lipinski definition) is 4. The van der Waals surface area contributed by atoms with Gasteiger partial charge in [-0.15, -0.1) is 0 Å². The lowest BCUT2D eigenvalue weighted by atomic mass is 9.83. The van der Waals surface area contributed by atoms with Crippen LogP contribution in [0.2, 0.25) is 0 Å². The van der Waals surface area contributed by atoms with Crippen LogP contribution in [0.5, 0.6) is 0 Å². The second-order valence-electron chi connectivity index (χ2n) is 12.5. The molecule has 0 radical (unpaired) electrons. The van der Waals surface area contributed by atoms with E-state index in [1.807, 2.05) is 65.7 Å². The van der Waals surface area contributed by atoms with Crippen LogP contribution in [0.1, 0.15) is 78.5 Å². The molecule has 2 atom stereocenters. The average Bonchev–Trinajstić information content (AvgIpc) is 2.88. The van der Waals surface area contributed by atoms with Crippen molar-refractivity contribution in [2.45, 2.75) is 79.2 Å². The number of likely N-dealkylation sites (N-methyl/N-ethyl adjacent to an activating group) is 1. The number of Topliss-reactive ketones (excluding diaryl/α,β-unsaturated/α-hetero) is 1. The van der Waals surface area contributed by atoms with Gasteiger partial charge in [0.15, 0.2) is 11.6 Å². The maximum atomic E-state index is 15.8. The molecule has 1 aromatic heterocycles. The summed E-state index contributed by atoms with van der Waals surface area (Å²) in [5, 5.41) is 9.80. The molecule has 2 aromatic carbocycles. The van der Waals surface area contributed by atoms with Crippen molar-refractivity contribution in [1.82, 2.24) is 9.47 Å². The standard InChI is InChI=1S/C35H44F2N2O4/c1-20(2)11-30(39-19-25(9-10-38(7)8)15-29(36)35(39)43)31(40)17-26(18-32(41)42)28-16-27(14-24(6)34(28)37)33-22(4)12-21(3)13-23(33)5/h12-16,19-20,26,30H,9-11,17-18H2,1-8H3,(H,41,42)/t26-,30?/m0/s1. The monoisotopic (exact) mass is 594 g/mol. The summed E-state index contributed by atoms with van der Waals surface area (Å²) in [5.74, 6) is -4.12. The van der Waals surface area contributed by atoms with Crippen molar-refractivity contribution in [2.24, 2.45) is 5.92 Å². The Labute approximate surface area is 253 Å². The zero-order valence-electron chi connectivity index (χ0n) is 26.6. The molecular formula is C35H44F2N2O4. The van der Waals surface area contributed by atoms with Gasteiger partial charge in [0, 0.05) is 25.1 Å². The van der Waals surface area contributed by atoms with Crippen molar-refractivity contribution >= 4 is 11.8 Å². The highest BCUT2D eigenvalue weighted by Crippen LogP contribution is 2.36. The molecule has 6 nitrogen and oxygen atoms in total. The Kier molecular flexibility index (Phi) is 11.2. The first kappa shape index (κ1) is 33.8. The molecule has 0 saturated carbocycles. The van der Waals surface area contributed by atoms with Gasteiger partial charge in [0.05, 0.1) is 12.5 Å². The normalized spacial score (nSPS) is 13.0. The van der Waals surface area contributed by atoms with Gasteiger partial charge in [0.2, 0.25) is 0 Å². The molecule has 232 valence electrons. The number of rotatable bonds is 13. The van der Waals surface area contributed by atoms with Gasteiger partial charge in [-0.25, -0.2) is 8.78 Å². The topological polar surface area (TPSA) is 79.6 Å². The van der Waals surface area contributed by atoms with Gasteiger partial charge in [-0.1, -0.05) is 31.5 Å². The van der Waals surface area contributed by atoms with Crippen LogP contribution in [0.4, 0.5) is 8.78 Å². The molecule has 0 saturated heterocycles. The van der Waals surface area contributed by atoms with E-state index in [2.05, 4.69) is 0 Å². The number of aromatic nitrogens is 1. The number of carboxylic acid groups (broad SMARTS) is 1. The first-order chi connectivity index (χ1) is 20.1. The lowest BCUT2D eigenvalue weighted by Gasteiger charge is -2.25. The Hall–Kier alpha value is -3.65. The van der Waals surface area contributed by atoms with Gasteiger partial charge >= 0.3 is 5.97 Å². The van der Waals surface area contributed by atoms with Gasteiger partial charge in [0.25, 0.3) is 5.56 Å². The van der Waals surface area contributed by atoms with E-state index in [1.165, 1.54) is 12.3 Å². The highest BCUT2D eigenvalue weighted by atomic mass is 19.1. The number of carboxylic acids is 1. The van der Waals surface area contributed by atoms with E-state index in [0.29, 0.717) is 24.1 Å². The van der Waals surface area contributed by atoms with E-state index < -0.39 is 47.3 Å². The summed E-state index contributed by atoms with van der Waals surface area (Å²) in [6.07, 6.45) is 1.46. The molecule has 0 aliphatic rings. The summed E-state index contributed by atoms with van der Waals surface area (Å²) in [6.45, 7) is 12.0. The van der Waals surface area contributed by atoms with Gasteiger partial charge < -0.3 is 14.6 Å². The molecule has 3 aromatic rings. The van der Waals surface area contributed by atoms with Crippen LogP contribution >= 0.6 is 0 Å². The lowest BCUT2D eigenvalue weighted by Crippen LogP contribution is -2.33. The summed E-state index contributed by atoms with van der Waals surface area (Å²) in [7, 11) is 3.77. The van der Waals surface area contributed by atoms with Crippen molar-refractivity contribution in [3.05, 3.63) is 91.9 Å². The quantitative estimate of drug-likeness (QED) is 0.232. The predicted octanol–water partition coefficient (Wildman–Crippen LogP) is 6.94. The van der Waals surface area contributed by atoms with E-state index in [-0.39, 0.29) is 24.3 Å². The summed E-state index contributed by atoms with van der Waals surface area (Å²) in [4.78, 5) is 40.9. The molecule has 0 aliphatic heterocycles. The zero-order chi connectivity index (χ0) is 32.2. The van der Waals surface area contributed by atoms with Crippen LogP contribution in [-0.4, -0.2) is 47.0 Å². The first-order valence-electron chi connectivity index (χ1n) is 14.8. The maximum Gasteiger partial charge on any atom is 0.303 e. The minimum absolute atomic E-state index is 0.0259. The Morgan fingerprint density at radius 1 is 0.930 bits per heavy atom. The highest BCUT2D eigenvalue weighted by molar-refractivity contribution is 5.84. The van der Waals surface area contributed by atoms with E-state index in [1.54, 1.807) is 19.1 Å². The summed E-state index contributed by atoms with van der Waals surface area (Å²) in [6, 6.07) is 7.65. The molecule has 0 spiro atoms. The predicted molar refractivity (Wildman–Crippen MR) is 167 cm³/mol. The fraction of sp³-hybridized carbons (Fsp3) is 0.457. The van der Waals surface area contributed by atoms with E-state index in [9.17, 15) is 23.9 Å². The average molecular weight is 595 g/mol. The van der Waals surface area contributed by atoms with Crippen LogP contribution < -0.4 is 5.56 Å². The van der Waals surface area contributed by atoms with Crippen LogP contribution in [0.15, 0.2) is 41.3 Å². The minimum atomic E-state index is -1.17. The number of benzene rings is 2. The Bertz CT molecular complexity index is 1540. The Morgan fingerprint density at radius 3 is 2.12 bits per heavy atom. The number of aliphatic carboxylic acids is 1. The fourth-order valence-electron chi connectivity index (χ4n) is 5.95. The number of hydrogen-bond donors (Lipinski definition) is 1. The molecular weight excluding hydrogens is 550 g/mol. The Morgan fingerprint density at radius 2 is 1.56 bits per heavy atom. The van der Waals surface area contributed by atoms with E-state index in [0.717, 1.165) is 32.4 Å². The van der Waals surface area contributed by atoms with Crippen molar-refractivity contribution in [3.63, 3.8) is 0 Å². The molecule has 0 fully saturated rings. The van der Waals surface area contributed by atoms with Crippen molar-refractivity contribution in [3.8, 4) is 11.1 Å². The highest BCUT2D eigenvalue weighted by Gasteiger charge is 2.30. The van der Waals surface area contributed by atoms with Gasteiger partial charge in [-0.3, -0.25) is 14.4 Å². The SMILES string of the molecule is Cc1cc(C)c(-c2cc(C)c(F)c([C@H](CC(=O)O)CC(=O)C(CC(C)C)n3cc(CCN(C)C)cc(F)c3=O)c2)c(C)c1. The van der Waals surface area contributed by atoms with Gasteiger partial charge in [-0.2, -0.15) is 0 Å². The number of carbonyl (C=O) groups excluding carboxylic acids is 1. The number of carbonyl (C=O) groups is 2. The van der Waals surface area contributed by atoms with E-state index in [4.69, 9.17) is 0 Å². The van der Waals surface area contributed by atoms with Crippen LogP contribution in [-0.2, 0) is 16.0 Å². The first-order valence-corrected chi connectivity index (χ1v) is 14.8. The molecule has 1 heterocycles. The number of ketones is 1. The Balaban J connectivity index is 2.11.